The molecule has 0 atom stereocenters. The molecule has 0 aliphatic carbocycles. The standard InChI is InChI=1S/C14H13NOS/c1-10(14-4-3-9-17-14)15-13-7-5-12(6-8-13)11(2)16/h3-9,15H,1H2,2H3. The molecule has 0 spiro atoms. The number of Topliss-reactive ketones (excluding diaryl/α,β-unsaturated/α-hetero) is 1. The minimum atomic E-state index is 0.0774. The van der Waals surface area contributed by atoms with Crippen LogP contribution >= 0.6 is 11.3 Å². The van der Waals surface area contributed by atoms with Gasteiger partial charge in [0.2, 0.25) is 0 Å². The van der Waals surface area contributed by atoms with Crippen LogP contribution in [0.4, 0.5) is 5.69 Å². The van der Waals surface area contributed by atoms with E-state index in [2.05, 4.69) is 11.9 Å². The molecular formula is C14H13NOS. The summed E-state index contributed by atoms with van der Waals surface area (Å²) in [6.07, 6.45) is 0. The van der Waals surface area contributed by atoms with Crippen molar-refractivity contribution in [3.8, 4) is 0 Å². The molecule has 0 saturated carbocycles. The third kappa shape index (κ3) is 2.82. The molecule has 3 heteroatoms. The van der Waals surface area contributed by atoms with Crippen LogP contribution in [0.5, 0.6) is 0 Å². The van der Waals surface area contributed by atoms with E-state index in [1.807, 2.05) is 41.8 Å². The second kappa shape index (κ2) is 4.97. The van der Waals surface area contributed by atoms with Crippen LogP contribution in [0.2, 0.25) is 0 Å². The zero-order chi connectivity index (χ0) is 12.3. The number of thiophene rings is 1. The maximum absolute atomic E-state index is 11.1. The van der Waals surface area contributed by atoms with E-state index in [0.29, 0.717) is 0 Å². The van der Waals surface area contributed by atoms with Crippen molar-refractivity contribution in [3.63, 3.8) is 0 Å². The van der Waals surface area contributed by atoms with Crippen molar-refractivity contribution in [2.24, 2.45) is 0 Å². The molecule has 86 valence electrons. The van der Waals surface area contributed by atoms with E-state index in [1.54, 1.807) is 18.3 Å². The summed E-state index contributed by atoms with van der Waals surface area (Å²) in [5, 5.41) is 5.23. The molecule has 0 aliphatic rings. The molecule has 0 fully saturated rings. The van der Waals surface area contributed by atoms with E-state index in [9.17, 15) is 4.79 Å². The molecule has 0 amide bonds. The van der Waals surface area contributed by atoms with Gasteiger partial charge in [0, 0.05) is 21.8 Å². The number of carbonyl (C=O) groups excluding carboxylic acids is 1. The van der Waals surface area contributed by atoms with Gasteiger partial charge in [-0.1, -0.05) is 12.6 Å². The maximum atomic E-state index is 11.1. The summed E-state index contributed by atoms with van der Waals surface area (Å²) in [4.78, 5) is 12.2. The van der Waals surface area contributed by atoms with Gasteiger partial charge in [0.1, 0.15) is 0 Å². The summed E-state index contributed by atoms with van der Waals surface area (Å²) in [6.45, 7) is 5.54. The second-order valence-electron chi connectivity index (χ2n) is 3.71. The van der Waals surface area contributed by atoms with Crippen LogP contribution in [0.3, 0.4) is 0 Å². The van der Waals surface area contributed by atoms with Gasteiger partial charge in [-0.2, -0.15) is 0 Å². The SMILES string of the molecule is C=C(Nc1ccc(C(C)=O)cc1)c1cccs1. The number of carbonyl (C=O) groups is 1. The molecular weight excluding hydrogens is 230 g/mol. The molecule has 1 aromatic heterocycles. The number of nitrogens with one attached hydrogen (secondary N) is 1. The Kier molecular flexibility index (Phi) is 3.40. The van der Waals surface area contributed by atoms with E-state index < -0.39 is 0 Å². The third-order valence-electron chi connectivity index (χ3n) is 2.41. The van der Waals surface area contributed by atoms with Crippen LogP contribution in [0.25, 0.3) is 5.70 Å². The van der Waals surface area contributed by atoms with E-state index in [1.165, 1.54) is 0 Å². The van der Waals surface area contributed by atoms with Gasteiger partial charge >= 0.3 is 0 Å². The average molecular weight is 243 g/mol. The van der Waals surface area contributed by atoms with Crippen molar-refractivity contribution in [3.05, 3.63) is 58.8 Å². The monoisotopic (exact) mass is 243 g/mol. The third-order valence-corrected chi connectivity index (χ3v) is 3.33. The van der Waals surface area contributed by atoms with Crippen LogP contribution in [0.1, 0.15) is 22.2 Å². The first kappa shape index (κ1) is 11.6. The average Bonchev–Trinajstić information content (AvgIpc) is 2.83. The van der Waals surface area contributed by atoms with Crippen molar-refractivity contribution in [1.82, 2.24) is 0 Å². The molecule has 2 aromatic rings. The van der Waals surface area contributed by atoms with E-state index in [-0.39, 0.29) is 5.78 Å². The van der Waals surface area contributed by atoms with E-state index >= 15 is 0 Å². The first-order chi connectivity index (χ1) is 8.16. The number of ketones is 1. The molecule has 0 radical (unpaired) electrons. The fourth-order valence-corrected chi connectivity index (χ4v) is 2.13. The van der Waals surface area contributed by atoms with E-state index in [4.69, 9.17) is 0 Å². The predicted molar refractivity (Wildman–Crippen MR) is 73.4 cm³/mol. The van der Waals surface area contributed by atoms with Crippen molar-refractivity contribution in [1.29, 1.82) is 0 Å². The molecule has 1 N–H and O–H groups in total. The Morgan fingerprint density at radius 3 is 2.47 bits per heavy atom. The summed E-state index contributed by atoms with van der Waals surface area (Å²) >= 11 is 1.64. The molecule has 0 saturated heterocycles. The van der Waals surface area contributed by atoms with E-state index in [0.717, 1.165) is 21.8 Å². The van der Waals surface area contributed by atoms with Crippen molar-refractivity contribution in [2.45, 2.75) is 6.92 Å². The minimum absolute atomic E-state index is 0.0774. The van der Waals surface area contributed by atoms with Gasteiger partial charge < -0.3 is 5.32 Å². The fourth-order valence-electron chi connectivity index (χ4n) is 1.47. The second-order valence-corrected chi connectivity index (χ2v) is 4.66. The lowest BCUT2D eigenvalue weighted by molar-refractivity contribution is 0.101. The Bertz CT molecular complexity index is 526. The highest BCUT2D eigenvalue weighted by atomic mass is 32.1. The normalized spacial score (nSPS) is 9.94. The Labute approximate surface area is 105 Å². The molecule has 2 nitrogen and oxygen atoms in total. The first-order valence-electron chi connectivity index (χ1n) is 5.27. The topological polar surface area (TPSA) is 29.1 Å². The highest BCUT2D eigenvalue weighted by Gasteiger charge is 2.02. The van der Waals surface area contributed by atoms with Crippen LogP contribution < -0.4 is 5.32 Å². The van der Waals surface area contributed by atoms with Crippen LogP contribution in [-0.2, 0) is 0 Å². The van der Waals surface area contributed by atoms with Gasteiger partial charge in [0.25, 0.3) is 0 Å². The summed E-state index contributed by atoms with van der Waals surface area (Å²) in [6, 6.07) is 11.4. The van der Waals surface area contributed by atoms with Crippen LogP contribution in [0.15, 0.2) is 48.4 Å². The van der Waals surface area contributed by atoms with Gasteiger partial charge in [-0.25, -0.2) is 0 Å². The lowest BCUT2D eigenvalue weighted by Crippen LogP contribution is -1.97. The van der Waals surface area contributed by atoms with Gasteiger partial charge in [-0.05, 0) is 42.6 Å². The molecule has 0 bridgehead atoms. The van der Waals surface area contributed by atoms with Crippen LogP contribution in [0, 0.1) is 0 Å². The van der Waals surface area contributed by atoms with Crippen molar-refractivity contribution in [2.75, 3.05) is 5.32 Å². The highest BCUT2D eigenvalue weighted by molar-refractivity contribution is 7.11. The number of benzene rings is 1. The lowest BCUT2D eigenvalue weighted by atomic mass is 10.1. The quantitative estimate of drug-likeness (QED) is 0.821. The number of hydrogen-bond donors (Lipinski definition) is 1. The zero-order valence-electron chi connectivity index (χ0n) is 9.57. The minimum Gasteiger partial charge on any atom is -0.355 e. The number of rotatable bonds is 4. The first-order valence-corrected chi connectivity index (χ1v) is 6.15. The molecule has 0 unspecified atom stereocenters. The molecule has 2 rings (SSSR count). The largest absolute Gasteiger partial charge is 0.355 e. The Hall–Kier alpha value is -1.87. The maximum Gasteiger partial charge on any atom is 0.159 e. The molecule has 17 heavy (non-hydrogen) atoms. The van der Waals surface area contributed by atoms with Crippen molar-refractivity contribution >= 4 is 28.5 Å². The Morgan fingerprint density at radius 2 is 1.94 bits per heavy atom. The Morgan fingerprint density at radius 1 is 1.24 bits per heavy atom. The summed E-state index contributed by atoms with van der Waals surface area (Å²) in [7, 11) is 0. The summed E-state index contributed by atoms with van der Waals surface area (Å²) in [5.41, 5.74) is 2.53. The van der Waals surface area contributed by atoms with Gasteiger partial charge in [0.05, 0.1) is 0 Å². The van der Waals surface area contributed by atoms with Gasteiger partial charge in [-0.15, -0.1) is 11.3 Å². The van der Waals surface area contributed by atoms with Crippen LogP contribution in [-0.4, -0.2) is 5.78 Å². The summed E-state index contributed by atoms with van der Waals surface area (Å²) < 4.78 is 0. The smallest absolute Gasteiger partial charge is 0.159 e. The Balaban J connectivity index is 2.09. The fraction of sp³-hybridized carbons (Fsp3) is 0.0714. The zero-order valence-corrected chi connectivity index (χ0v) is 10.4. The summed E-state index contributed by atoms with van der Waals surface area (Å²) in [5.74, 6) is 0.0774. The number of anilines is 1. The number of hydrogen-bond acceptors (Lipinski definition) is 3. The molecule has 0 aliphatic heterocycles. The van der Waals surface area contributed by atoms with Gasteiger partial charge in [0.15, 0.2) is 5.78 Å². The predicted octanol–water partition coefficient (Wildman–Crippen LogP) is 4.03. The van der Waals surface area contributed by atoms with Crippen molar-refractivity contribution < 1.29 is 4.79 Å². The lowest BCUT2D eigenvalue weighted by Gasteiger charge is -2.08. The molecule has 1 heterocycles. The highest BCUT2D eigenvalue weighted by Crippen LogP contribution is 2.21. The van der Waals surface area contributed by atoms with Gasteiger partial charge in [-0.3, -0.25) is 4.79 Å². The molecule has 1 aromatic carbocycles.